The van der Waals surface area contributed by atoms with Crippen LogP contribution in [0.3, 0.4) is 0 Å². The third-order valence-corrected chi connectivity index (χ3v) is 7.71. The van der Waals surface area contributed by atoms with Crippen LogP contribution in [0.4, 0.5) is 0 Å². The molecule has 1 heterocycles. The molecule has 5 rings (SSSR count). The molecule has 0 fully saturated rings. The van der Waals surface area contributed by atoms with E-state index >= 15 is 0 Å². The standard InChI is InChI=1S/C36H32Cl2N2O2/c1-36(2,3)29-16-14-27(15-17-29)26-10-5-24(6-11-26)9-20-34-39-33(31-19-18-30(37)21-32(31)38)23-40(34)22-25-7-12-28(13-8-25)35(41)42-4/h5-21,23H,22H2,1-4H3. The summed E-state index contributed by atoms with van der Waals surface area (Å²) in [6.45, 7) is 7.23. The van der Waals surface area contributed by atoms with E-state index < -0.39 is 0 Å². The van der Waals surface area contributed by atoms with Gasteiger partial charge in [0.1, 0.15) is 5.82 Å². The molecule has 0 spiro atoms. The molecule has 0 radical (unpaired) electrons. The Bertz CT molecular complexity index is 1730. The van der Waals surface area contributed by atoms with Gasteiger partial charge in [-0.3, -0.25) is 0 Å². The van der Waals surface area contributed by atoms with Crippen LogP contribution in [0, 0.1) is 0 Å². The lowest BCUT2D eigenvalue weighted by molar-refractivity contribution is 0.0600. The number of nitrogens with zero attached hydrogens (tertiary/aromatic N) is 2. The van der Waals surface area contributed by atoms with Gasteiger partial charge in [0.05, 0.1) is 23.4 Å². The second-order valence-electron chi connectivity index (χ2n) is 11.2. The number of benzene rings is 4. The summed E-state index contributed by atoms with van der Waals surface area (Å²) in [6, 6.07) is 30.0. The zero-order valence-electron chi connectivity index (χ0n) is 24.1. The number of carbonyl (C=O) groups excluding carboxylic acids is 1. The molecule has 5 aromatic rings. The van der Waals surface area contributed by atoms with Crippen LogP contribution in [-0.2, 0) is 16.7 Å². The number of aromatic nitrogens is 2. The molecule has 0 amide bonds. The molecule has 0 bridgehead atoms. The second kappa shape index (κ2) is 12.4. The lowest BCUT2D eigenvalue weighted by Gasteiger charge is -2.19. The summed E-state index contributed by atoms with van der Waals surface area (Å²) in [5.41, 5.74) is 7.95. The number of imidazole rings is 1. The zero-order valence-corrected chi connectivity index (χ0v) is 25.6. The Morgan fingerprint density at radius 3 is 2.10 bits per heavy atom. The number of methoxy groups -OCH3 is 1. The van der Waals surface area contributed by atoms with Gasteiger partial charge in [-0.05, 0) is 69.6 Å². The summed E-state index contributed by atoms with van der Waals surface area (Å²) >= 11 is 12.7. The van der Waals surface area contributed by atoms with Crippen LogP contribution in [0.25, 0.3) is 34.5 Å². The summed E-state index contributed by atoms with van der Waals surface area (Å²) < 4.78 is 6.89. The fourth-order valence-corrected chi connectivity index (χ4v) is 5.20. The first-order valence-corrected chi connectivity index (χ1v) is 14.5. The highest BCUT2D eigenvalue weighted by Gasteiger charge is 2.14. The van der Waals surface area contributed by atoms with Crippen LogP contribution < -0.4 is 0 Å². The van der Waals surface area contributed by atoms with Crippen molar-refractivity contribution < 1.29 is 9.53 Å². The van der Waals surface area contributed by atoms with Gasteiger partial charge < -0.3 is 9.30 Å². The maximum absolute atomic E-state index is 11.9. The van der Waals surface area contributed by atoms with Crippen molar-refractivity contribution in [1.29, 1.82) is 0 Å². The number of ether oxygens (including phenoxy) is 1. The largest absolute Gasteiger partial charge is 0.465 e. The van der Waals surface area contributed by atoms with E-state index in [4.69, 9.17) is 32.9 Å². The molecule has 0 aliphatic heterocycles. The van der Waals surface area contributed by atoms with Gasteiger partial charge in [0.2, 0.25) is 0 Å². The highest BCUT2D eigenvalue weighted by atomic mass is 35.5. The molecule has 4 nitrogen and oxygen atoms in total. The fraction of sp³-hybridized carbons (Fsp3) is 0.167. The third kappa shape index (κ3) is 6.84. The average molecular weight is 596 g/mol. The van der Waals surface area contributed by atoms with Gasteiger partial charge in [-0.15, -0.1) is 0 Å². The quantitative estimate of drug-likeness (QED) is 0.176. The van der Waals surface area contributed by atoms with E-state index in [1.807, 2.05) is 30.5 Å². The highest BCUT2D eigenvalue weighted by Crippen LogP contribution is 2.31. The van der Waals surface area contributed by atoms with Crippen LogP contribution >= 0.6 is 23.2 Å². The fourth-order valence-electron chi connectivity index (χ4n) is 4.70. The summed E-state index contributed by atoms with van der Waals surface area (Å²) in [5.74, 6) is 0.412. The topological polar surface area (TPSA) is 44.1 Å². The van der Waals surface area contributed by atoms with Crippen LogP contribution in [-0.4, -0.2) is 22.6 Å². The van der Waals surface area contributed by atoms with Crippen molar-refractivity contribution in [3.8, 4) is 22.4 Å². The first kappa shape index (κ1) is 29.4. The number of hydrogen-bond acceptors (Lipinski definition) is 3. The molecule has 0 saturated carbocycles. The Morgan fingerprint density at radius 2 is 1.50 bits per heavy atom. The zero-order chi connectivity index (χ0) is 29.9. The van der Waals surface area contributed by atoms with Crippen molar-refractivity contribution in [2.75, 3.05) is 7.11 Å². The van der Waals surface area contributed by atoms with E-state index in [9.17, 15) is 4.79 Å². The first-order valence-electron chi connectivity index (χ1n) is 13.7. The Balaban J connectivity index is 1.42. The van der Waals surface area contributed by atoms with E-state index in [1.165, 1.54) is 23.8 Å². The lowest BCUT2D eigenvalue weighted by atomic mass is 9.86. The number of hydrogen-bond donors (Lipinski definition) is 0. The molecule has 0 aliphatic rings. The summed E-state index contributed by atoms with van der Waals surface area (Å²) in [4.78, 5) is 16.8. The van der Waals surface area contributed by atoms with Crippen LogP contribution in [0.5, 0.6) is 0 Å². The average Bonchev–Trinajstić information content (AvgIpc) is 3.37. The molecule has 0 aliphatic carbocycles. The van der Waals surface area contributed by atoms with E-state index in [-0.39, 0.29) is 11.4 Å². The van der Waals surface area contributed by atoms with Crippen molar-refractivity contribution >= 4 is 41.3 Å². The van der Waals surface area contributed by atoms with Crippen molar-refractivity contribution in [2.24, 2.45) is 0 Å². The van der Waals surface area contributed by atoms with Crippen LogP contribution in [0.15, 0.2) is 97.2 Å². The SMILES string of the molecule is COC(=O)c1ccc(Cn2cc(-c3ccc(Cl)cc3Cl)nc2C=Cc2ccc(-c3ccc(C(C)(C)C)cc3)cc2)cc1. The summed E-state index contributed by atoms with van der Waals surface area (Å²) in [5, 5.41) is 1.11. The normalized spacial score (nSPS) is 11.7. The molecular weight excluding hydrogens is 563 g/mol. The van der Waals surface area contributed by atoms with Crippen molar-refractivity contribution in [1.82, 2.24) is 9.55 Å². The maximum atomic E-state index is 11.9. The number of rotatable bonds is 7. The number of carbonyl (C=O) groups is 1. The highest BCUT2D eigenvalue weighted by molar-refractivity contribution is 6.36. The third-order valence-electron chi connectivity index (χ3n) is 7.16. The summed E-state index contributed by atoms with van der Waals surface area (Å²) in [6.07, 6.45) is 6.04. The molecule has 1 aromatic heterocycles. The molecule has 0 saturated heterocycles. The van der Waals surface area contributed by atoms with Crippen LogP contribution in [0.2, 0.25) is 10.0 Å². The lowest BCUT2D eigenvalue weighted by Crippen LogP contribution is -2.10. The molecule has 6 heteroatoms. The smallest absolute Gasteiger partial charge is 0.337 e. The van der Waals surface area contributed by atoms with Gasteiger partial charge in [-0.25, -0.2) is 9.78 Å². The Morgan fingerprint density at radius 1 is 0.857 bits per heavy atom. The van der Waals surface area contributed by atoms with Gasteiger partial charge in [0.15, 0.2) is 0 Å². The minimum Gasteiger partial charge on any atom is -0.465 e. The van der Waals surface area contributed by atoms with Gasteiger partial charge in [0, 0.05) is 23.3 Å². The van der Waals surface area contributed by atoms with Crippen molar-refractivity contribution in [3.63, 3.8) is 0 Å². The molecular formula is C36H32Cl2N2O2. The van der Waals surface area contributed by atoms with Crippen molar-refractivity contribution in [3.05, 3.63) is 135 Å². The van der Waals surface area contributed by atoms with E-state index in [1.54, 1.807) is 24.3 Å². The summed E-state index contributed by atoms with van der Waals surface area (Å²) in [7, 11) is 1.38. The minimum atomic E-state index is -0.361. The van der Waals surface area contributed by atoms with E-state index in [0.717, 1.165) is 28.2 Å². The predicted molar refractivity (Wildman–Crippen MR) is 174 cm³/mol. The molecule has 0 atom stereocenters. The molecule has 4 aromatic carbocycles. The maximum Gasteiger partial charge on any atom is 0.337 e. The molecule has 0 N–H and O–H groups in total. The van der Waals surface area contributed by atoms with Gasteiger partial charge in [0.25, 0.3) is 0 Å². The monoisotopic (exact) mass is 594 g/mol. The Labute approximate surface area is 257 Å². The first-order chi connectivity index (χ1) is 20.1. The van der Waals surface area contributed by atoms with Crippen LogP contribution in [0.1, 0.15) is 53.6 Å². The second-order valence-corrected chi connectivity index (χ2v) is 12.1. The predicted octanol–water partition coefficient (Wildman–Crippen LogP) is 9.83. The van der Waals surface area contributed by atoms with Gasteiger partial charge in [-0.2, -0.15) is 0 Å². The van der Waals surface area contributed by atoms with Crippen molar-refractivity contribution in [2.45, 2.75) is 32.7 Å². The molecule has 42 heavy (non-hydrogen) atoms. The minimum absolute atomic E-state index is 0.129. The van der Waals surface area contributed by atoms with Gasteiger partial charge in [-0.1, -0.05) is 111 Å². The van der Waals surface area contributed by atoms with E-state index in [0.29, 0.717) is 22.2 Å². The molecule has 0 unspecified atom stereocenters. The Hall–Kier alpha value is -4.12. The van der Waals surface area contributed by atoms with Gasteiger partial charge >= 0.3 is 5.97 Å². The number of esters is 1. The Kier molecular flexibility index (Phi) is 8.67. The molecule has 212 valence electrons. The van der Waals surface area contributed by atoms with E-state index in [2.05, 4.69) is 79.9 Å². The number of halogens is 2.